The van der Waals surface area contributed by atoms with Gasteiger partial charge in [-0.05, 0) is 0 Å². The van der Waals surface area contributed by atoms with Crippen LogP contribution in [0, 0.1) is 5.41 Å². The van der Waals surface area contributed by atoms with E-state index in [1.165, 1.54) is 0 Å². The molecule has 0 rings (SSSR count). The van der Waals surface area contributed by atoms with Crippen molar-refractivity contribution in [2.45, 2.75) is 0 Å². The van der Waals surface area contributed by atoms with Crippen molar-refractivity contribution in [2.75, 3.05) is 0 Å². The monoisotopic (exact) mass is 101 g/mol. The standard InChI is InChI=1S/CH5N3.ClH.Li/c2-1(3)4;;/h(H5,2,3,4);1H;/q;;+1/p-1. The van der Waals surface area contributed by atoms with Crippen LogP contribution in [-0.2, 0) is 0 Å². The molecule has 5 N–H and O–H groups in total. The van der Waals surface area contributed by atoms with Gasteiger partial charge in [0.15, 0.2) is 5.96 Å². The third-order valence-electron chi connectivity index (χ3n) is 0. The molecule has 3 nitrogen and oxygen atoms in total. The fourth-order valence-electron chi connectivity index (χ4n) is 0. The summed E-state index contributed by atoms with van der Waals surface area (Å²) in [5.41, 5.74) is 8.94. The SMILES string of the molecule is N=C(N)N.[Cl-].[Li+]. The predicted octanol–water partition coefficient (Wildman–Crippen LogP) is -7.15. The number of guanidine groups is 1. The van der Waals surface area contributed by atoms with Crippen molar-refractivity contribution in [3.8, 4) is 0 Å². The van der Waals surface area contributed by atoms with Crippen LogP contribution < -0.4 is 42.7 Å². The average molecular weight is 101 g/mol. The normalized spacial score (nSPS) is 4.00. The Hall–Kier alpha value is 0.157. The fraction of sp³-hybridized carbons (Fsp3) is 0. The van der Waals surface area contributed by atoms with Gasteiger partial charge in [-0.1, -0.05) is 0 Å². The molecule has 0 fully saturated rings. The van der Waals surface area contributed by atoms with Gasteiger partial charge in [0, 0.05) is 0 Å². The summed E-state index contributed by atoms with van der Waals surface area (Å²) in [5, 5.41) is 6.06. The molecule has 0 saturated heterocycles. The second-order valence-electron chi connectivity index (χ2n) is 0.455. The molecule has 0 aliphatic rings. The maximum absolute atomic E-state index is 6.06. The molecule has 0 amide bonds. The number of hydrogen-bond acceptors (Lipinski definition) is 1. The molecule has 0 saturated carbocycles. The van der Waals surface area contributed by atoms with Gasteiger partial charge in [0.05, 0.1) is 0 Å². The minimum atomic E-state index is -0.333. The van der Waals surface area contributed by atoms with Gasteiger partial charge in [-0.15, -0.1) is 0 Å². The summed E-state index contributed by atoms with van der Waals surface area (Å²) >= 11 is 0. The Balaban J connectivity index is -0.0000000450. The molecular weight excluding hydrogens is 96.4 g/mol. The Morgan fingerprint density at radius 1 is 1.33 bits per heavy atom. The summed E-state index contributed by atoms with van der Waals surface area (Å²) in [7, 11) is 0. The minimum Gasteiger partial charge on any atom is -1.00 e. The zero-order valence-electron chi connectivity index (χ0n) is 3.53. The largest absolute Gasteiger partial charge is 1.00 e. The molecule has 0 heterocycles. The Kier molecular flexibility index (Phi) is 24.5. The summed E-state index contributed by atoms with van der Waals surface area (Å²) in [5.74, 6) is -0.333. The molecule has 0 radical (unpaired) electrons. The molecule has 6 heavy (non-hydrogen) atoms. The summed E-state index contributed by atoms with van der Waals surface area (Å²) in [6.45, 7) is 0. The molecule has 0 aromatic heterocycles. The predicted molar refractivity (Wildman–Crippen MR) is 16.1 cm³/mol. The van der Waals surface area contributed by atoms with E-state index in [2.05, 4.69) is 11.5 Å². The number of nitrogens with one attached hydrogen (secondary N) is 1. The smallest absolute Gasteiger partial charge is 1.00 e. The summed E-state index contributed by atoms with van der Waals surface area (Å²) in [6.07, 6.45) is 0. The maximum Gasteiger partial charge on any atom is 1.00 e. The molecule has 0 bridgehead atoms. The van der Waals surface area contributed by atoms with E-state index < -0.39 is 0 Å². The minimum absolute atomic E-state index is 0. The number of halogens is 1. The molecule has 0 spiro atoms. The van der Waals surface area contributed by atoms with Crippen LogP contribution in [0.4, 0.5) is 0 Å². The maximum atomic E-state index is 6.06. The van der Waals surface area contributed by atoms with Gasteiger partial charge >= 0.3 is 18.9 Å². The van der Waals surface area contributed by atoms with Gasteiger partial charge in [0.25, 0.3) is 0 Å². The molecular formula is CH5ClLiN3. The van der Waals surface area contributed by atoms with Crippen LogP contribution in [-0.4, -0.2) is 5.96 Å². The van der Waals surface area contributed by atoms with Crippen molar-refractivity contribution >= 4 is 5.96 Å². The molecule has 0 aliphatic heterocycles. The van der Waals surface area contributed by atoms with Crippen molar-refractivity contribution in [3.63, 3.8) is 0 Å². The second kappa shape index (κ2) is 8.94. The topological polar surface area (TPSA) is 75.9 Å². The van der Waals surface area contributed by atoms with E-state index in [1.807, 2.05) is 0 Å². The van der Waals surface area contributed by atoms with E-state index in [4.69, 9.17) is 5.41 Å². The molecule has 0 aromatic carbocycles. The zero-order valence-corrected chi connectivity index (χ0v) is 4.29. The van der Waals surface area contributed by atoms with E-state index in [0.29, 0.717) is 0 Å². The first-order chi connectivity index (χ1) is 1.73. The van der Waals surface area contributed by atoms with Crippen LogP contribution in [0.3, 0.4) is 0 Å². The van der Waals surface area contributed by atoms with Crippen LogP contribution in [0.2, 0.25) is 0 Å². The van der Waals surface area contributed by atoms with Crippen molar-refractivity contribution < 1.29 is 31.3 Å². The summed E-state index contributed by atoms with van der Waals surface area (Å²) < 4.78 is 0. The number of hydrogen-bond donors (Lipinski definition) is 3. The summed E-state index contributed by atoms with van der Waals surface area (Å²) in [6, 6.07) is 0. The van der Waals surface area contributed by atoms with E-state index in [-0.39, 0.29) is 37.2 Å². The van der Waals surface area contributed by atoms with E-state index >= 15 is 0 Å². The van der Waals surface area contributed by atoms with Crippen LogP contribution in [0.1, 0.15) is 0 Å². The molecule has 5 heteroatoms. The van der Waals surface area contributed by atoms with Crippen LogP contribution in [0.25, 0.3) is 0 Å². The van der Waals surface area contributed by atoms with Gasteiger partial charge in [0.1, 0.15) is 0 Å². The van der Waals surface area contributed by atoms with E-state index in [1.54, 1.807) is 0 Å². The van der Waals surface area contributed by atoms with Gasteiger partial charge in [-0.3, -0.25) is 5.41 Å². The van der Waals surface area contributed by atoms with Crippen LogP contribution in [0.5, 0.6) is 0 Å². The number of nitrogens with two attached hydrogens (primary N) is 2. The van der Waals surface area contributed by atoms with Gasteiger partial charge in [-0.25, -0.2) is 0 Å². The molecule has 0 aliphatic carbocycles. The second-order valence-corrected chi connectivity index (χ2v) is 0.455. The van der Waals surface area contributed by atoms with Gasteiger partial charge in [0.2, 0.25) is 0 Å². The van der Waals surface area contributed by atoms with Crippen molar-refractivity contribution in [3.05, 3.63) is 0 Å². The zero-order chi connectivity index (χ0) is 3.58. The van der Waals surface area contributed by atoms with Crippen molar-refractivity contribution in [2.24, 2.45) is 11.5 Å². The Labute approximate surface area is 54.6 Å². The van der Waals surface area contributed by atoms with Crippen LogP contribution in [0.15, 0.2) is 0 Å². The van der Waals surface area contributed by atoms with Crippen molar-refractivity contribution in [1.82, 2.24) is 0 Å². The average Bonchev–Trinajstić information content (AvgIpc) is 0.811. The summed E-state index contributed by atoms with van der Waals surface area (Å²) in [4.78, 5) is 0. The van der Waals surface area contributed by atoms with Crippen molar-refractivity contribution in [1.29, 1.82) is 5.41 Å². The molecule has 32 valence electrons. The first-order valence-corrected chi connectivity index (χ1v) is 0.827. The number of rotatable bonds is 0. The molecule has 0 atom stereocenters. The third kappa shape index (κ3) is 1670. The van der Waals surface area contributed by atoms with Gasteiger partial charge < -0.3 is 23.9 Å². The first-order valence-electron chi connectivity index (χ1n) is 0.827. The fourth-order valence-corrected chi connectivity index (χ4v) is 0. The quantitative estimate of drug-likeness (QED) is 0.161. The van der Waals surface area contributed by atoms with Gasteiger partial charge in [-0.2, -0.15) is 0 Å². The third-order valence-corrected chi connectivity index (χ3v) is 0. The Morgan fingerprint density at radius 2 is 1.33 bits per heavy atom. The molecule has 0 aromatic rings. The van der Waals surface area contributed by atoms with E-state index in [0.717, 1.165) is 0 Å². The van der Waals surface area contributed by atoms with E-state index in [9.17, 15) is 0 Å². The molecule has 0 unspecified atom stereocenters. The van der Waals surface area contributed by atoms with Crippen LogP contribution >= 0.6 is 0 Å². The Morgan fingerprint density at radius 3 is 1.33 bits per heavy atom. The Bertz CT molecular complexity index is 33.8. The first kappa shape index (κ1) is 16.4.